The quantitative estimate of drug-likeness (QED) is 0.871. The Labute approximate surface area is 137 Å². The van der Waals surface area contributed by atoms with Crippen LogP contribution in [0.3, 0.4) is 0 Å². The third-order valence-electron chi connectivity index (χ3n) is 3.55. The molecular weight excluding hydrogens is 368 g/mol. The van der Waals surface area contributed by atoms with E-state index in [1.165, 1.54) is 10.5 Å². The summed E-state index contributed by atoms with van der Waals surface area (Å²) in [4.78, 5) is 8.25. The maximum absolute atomic E-state index is 12.9. The number of hydrogen-bond acceptors (Lipinski definition) is 5. The summed E-state index contributed by atoms with van der Waals surface area (Å²) < 4.78 is 28.0. The first-order valence-corrected chi connectivity index (χ1v) is 9.05. The number of nitrogens with zero attached hydrogens (tertiary/aromatic N) is 3. The molecule has 3 rings (SSSR count). The molecular formula is C14H15BrN4O2S. The van der Waals surface area contributed by atoms with Crippen molar-refractivity contribution in [2.45, 2.75) is 10.9 Å². The normalized spacial score (nSPS) is 20.0. The van der Waals surface area contributed by atoms with Gasteiger partial charge in [-0.1, -0.05) is 6.07 Å². The molecule has 2 aromatic heterocycles. The predicted octanol–water partition coefficient (Wildman–Crippen LogP) is 1.57. The molecule has 0 aliphatic carbocycles. The summed E-state index contributed by atoms with van der Waals surface area (Å²) in [7, 11) is -3.61. The van der Waals surface area contributed by atoms with Crippen LogP contribution >= 0.6 is 15.9 Å². The Kier molecular flexibility index (Phi) is 4.53. The summed E-state index contributed by atoms with van der Waals surface area (Å²) in [5, 5.41) is 3.24. The lowest BCUT2D eigenvalue weighted by Crippen LogP contribution is -2.48. The van der Waals surface area contributed by atoms with Crippen molar-refractivity contribution in [3.8, 4) is 0 Å². The van der Waals surface area contributed by atoms with Gasteiger partial charge in [0.25, 0.3) is 0 Å². The number of rotatable bonds is 3. The van der Waals surface area contributed by atoms with Gasteiger partial charge in [-0.05, 0) is 33.6 Å². The van der Waals surface area contributed by atoms with Crippen molar-refractivity contribution in [3.63, 3.8) is 0 Å². The van der Waals surface area contributed by atoms with Gasteiger partial charge in [-0.15, -0.1) is 0 Å². The molecule has 3 heterocycles. The van der Waals surface area contributed by atoms with E-state index in [-0.39, 0.29) is 10.9 Å². The third-order valence-corrected chi connectivity index (χ3v) is 5.86. The van der Waals surface area contributed by atoms with Crippen LogP contribution < -0.4 is 5.32 Å². The molecule has 0 radical (unpaired) electrons. The molecule has 1 fully saturated rings. The van der Waals surface area contributed by atoms with Crippen LogP contribution in [0.15, 0.2) is 52.4 Å². The van der Waals surface area contributed by atoms with Crippen molar-refractivity contribution in [1.29, 1.82) is 0 Å². The summed E-state index contributed by atoms with van der Waals surface area (Å²) in [5.41, 5.74) is 0.876. The maximum Gasteiger partial charge on any atom is 0.245 e. The van der Waals surface area contributed by atoms with Crippen LogP contribution in [-0.2, 0) is 10.0 Å². The second kappa shape index (κ2) is 6.41. The first kappa shape index (κ1) is 15.5. The molecule has 1 aliphatic rings. The number of halogens is 1. The van der Waals surface area contributed by atoms with E-state index >= 15 is 0 Å². The maximum atomic E-state index is 12.9. The molecule has 1 unspecified atom stereocenters. The minimum atomic E-state index is -3.61. The van der Waals surface area contributed by atoms with Crippen molar-refractivity contribution in [2.24, 2.45) is 0 Å². The second-order valence-electron chi connectivity index (χ2n) is 4.96. The Bertz CT molecular complexity index is 754. The van der Waals surface area contributed by atoms with Gasteiger partial charge in [-0.2, -0.15) is 4.31 Å². The summed E-state index contributed by atoms with van der Waals surface area (Å²) >= 11 is 3.27. The van der Waals surface area contributed by atoms with Crippen LogP contribution in [0.1, 0.15) is 11.6 Å². The van der Waals surface area contributed by atoms with Crippen molar-refractivity contribution in [1.82, 2.24) is 19.6 Å². The SMILES string of the molecule is O=S(=O)(c1cncc(Br)c1)N1CCNCC1c1cccnc1. The third kappa shape index (κ3) is 3.05. The highest BCUT2D eigenvalue weighted by Gasteiger charge is 2.34. The number of aromatic nitrogens is 2. The van der Waals surface area contributed by atoms with E-state index in [0.717, 1.165) is 5.56 Å². The highest BCUT2D eigenvalue weighted by Crippen LogP contribution is 2.28. The van der Waals surface area contributed by atoms with Gasteiger partial charge in [0.05, 0.1) is 6.04 Å². The Hall–Kier alpha value is -1.35. The lowest BCUT2D eigenvalue weighted by atomic mass is 10.1. The van der Waals surface area contributed by atoms with Crippen LogP contribution in [-0.4, -0.2) is 42.3 Å². The largest absolute Gasteiger partial charge is 0.313 e. The summed E-state index contributed by atoms with van der Waals surface area (Å²) in [5.74, 6) is 0. The zero-order chi connectivity index (χ0) is 15.6. The summed E-state index contributed by atoms with van der Waals surface area (Å²) in [6.45, 7) is 1.60. The van der Waals surface area contributed by atoms with E-state index in [2.05, 4.69) is 31.2 Å². The van der Waals surface area contributed by atoms with Gasteiger partial charge in [0.2, 0.25) is 10.0 Å². The first-order chi connectivity index (χ1) is 10.6. The van der Waals surface area contributed by atoms with Crippen molar-refractivity contribution in [3.05, 3.63) is 53.0 Å². The zero-order valence-corrected chi connectivity index (χ0v) is 14.1. The average molecular weight is 383 g/mol. The van der Waals surface area contributed by atoms with E-state index < -0.39 is 10.0 Å². The number of piperazine rings is 1. The topological polar surface area (TPSA) is 75.2 Å². The van der Waals surface area contributed by atoms with E-state index in [4.69, 9.17) is 0 Å². The zero-order valence-electron chi connectivity index (χ0n) is 11.7. The van der Waals surface area contributed by atoms with Crippen LogP contribution in [0.4, 0.5) is 0 Å². The van der Waals surface area contributed by atoms with E-state index in [0.29, 0.717) is 24.1 Å². The van der Waals surface area contributed by atoms with E-state index in [1.807, 2.05) is 12.1 Å². The van der Waals surface area contributed by atoms with Crippen LogP contribution in [0, 0.1) is 0 Å². The first-order valence-electron chi connectivity index (χ1n) is 6.82. The minimum absolute atomic E-state index is 0.192. The molecule has 1 N–H and O–H groups in total. The Morgan fingerprint density at radius 1 is 1.27 bits per heavy atom. The summed E-state index contributed by atoms with van der Waals surface area (Å²) in [6, 6.07) is 5.01. The van der Waals surface area contributed by atoms with Crippen LogP contribution in [0.25, 0.3) is 0 Å². The molecule has 0 saturated carbocycles. The molecule has 116 valence electrons. The Balaban J connectivity index is 2.00. The van der Waals surface area contributed by atoms with Crippen LogP contribution in [0.5, 0.6) is 0 Å². The number of nitrogens with one attached hydrogen (secondary N) is 1. The standard InChI is InChI=1S/C14H15BrN4O2S/c15-12-6-13(9-18-8-12)22(20,21)19-5-4-17-10-14(19)11-2-1-3-16-7-11/h1-3,6-9,14,17H,4-5,10H2. The predicted molar refractivity (Wildman–Crippen MR) is 85.7 cm³/mol. The molecule has 8 heteroatoms. The van der Waals surface area contributed by atoms with Gasteiger partial charge < -0.3 is 5.32 Å². The number of hydrogen-bond donors (Lipinski definition) is 1. The van der Waals surface area contributed by atoms with E-state index in [9.17, 15) is 8.42 Å². The molecule has 1 aliphatic heterocycles. The lowest BCUT2D eigenvalue weighted by molar-refractivity contribution is 0.271. The van der Waals surface area contributed by atoms with Gasteiger partial charge in [0.1, 0.15) is 4.90 Å². The van der Waals surface area contributed by atoms with Crippen molar-refractivity contribution < 1.29 is 8.42 Å². The highest BCUT2D eigenvalue weighted by atomic mass is 79.9. The monoisotopic (exact) mass is 382 g/mol. The average Bonchev–Trinajstić information content (AvgIpc) is 2.56. The molecule has 0 amide bonds. The highest BCUT2D eigenvalue weighted by molar-refractivity contribution is 9.10. The molecule has 22 heavy (non-hydrogen) atoms. The van der Waals surface area contributed by atoms with Crippen LogP contribution in [0.2, 0.25) is 0 Å². The Morgan fingerprint density at radius 2 is 2.14 bits per heavy atom. The van der Waals surface area contributed by atoms with Gasteiger partial charge in [-0.25, -0.2) is 8.42 Å². The fourth-order valence-corrected chi connectivity index (χ4v) is 4.62. The lowest BCUT2D eigenvalue weighted by Gasteiger charge is -2.35. The fourth-order valence-electron chi connectivity index (χ4n) is 2.50. The van der Waals surface area contributed by atoms with Crippen molar-refractivity contribution in [2.75, 3.05) is 19.6 Å². The fraction of sp³-hybridized carbons (Fsp3) is 0.286. The van der Waals surface area contributed by atoms with Gasteiger partial charge in [-0.3, -0.25) is 9.97 Å². The van der Waals surface area contributed by atoms with Gasteiger partial charge in [0, 0.05) is 48.9 Å². The summed E-state index contributed by atoms with van der Waals surface area (Å²) in [6.07, 6.45) is 6.33. The number of pyridine rings is 2. The molecule has 6 nitrogen and oxygen atoms in total. The minimum Gasteiger partial charge on any atom is -0.313 e. The van der Waals surface area contributed by atoms with E-state index in [1.54, 1.807) is 24.7 Å². The number of sulfonamides is 1. The molecule has 0 aromatic carbocycles. The second-order valence-corrected chi connectivity index (χ2v) is 7.77. The smallest absolute Gasteiger partial charge is 0.245 e. The molecule has 0 bridgehead atoms. The molecule has 0 spiro atoms. The molecule has 1 saturated heterocycles. The Morgan fingerprint density at radius 3 is 2.86 bits per heavy atom. The van der Waals surface area contributed by atoms with Gasteiger partial charge >= 0.3 is 0 Å². The molecule has 2 aromatic rings. The van der Waals surface area contributed by atoms with Crippen molar-refractivity contribution >= 4 is 26.0 Å². The van der Waals surface area contributed by atoms with Gasteiger partial charge in [0.15, 0.2) is 0 Å². The molecule has 1 atom stereocenters.